The van der Waals surface area contributed by atoms with E-state index in [1.165, 1.54) is 4.90 Å². The normalized spacial score (nSPS) is 26.5. The third kappa shape index (κ3) is 2.82. The van der Waals surface area contributed by atoms with Gasteiger partial charge < -0.3 is 14.7 Å². The lowest BCUT2D eigenvalue weighted by Gasteiger charge is -2.27. The zero-order valence-electron chi connectivity index (χ0n) is 13.5. The number of likely N-dealkylation sites (tertiary alicyclic amines) is 1. The second kappa shape index (κ2) is 6.52. The Labute approximate surface area is 140 Å². The highest BCUT2D eigenvalue weighted by Crippen LogP contribution is 2.42. The van der Waals surface area contributed by atoms with E-state index in [2.05, 4.69) is 0 Å². The van der Waals surface area contributed by atoms with Gasteiger partial charge in [0.25, 0.3) is 5.91 Å². The molecule has 1 aliphatic heterocycles. The number of hydrogen-bond donors (Lipinski definition) is 1. The van der Waals surface area contributed by atoms with Crippen LogP contribution in [0.5, 0.6) is 5.75 Å². The van der Waals surface area contributed by atoms with Crippen molar-refractivity contribution in [1.29, 1.82) is 5.26 Å². The van der Waals surface area contributed by atoms with E-state index in [1.54, 1.807) is 31.2 Å². The molecule has 24 heavy (non-hydrogen) atoms. The lowest BCUT2D eigenvalue weighted by molar-refractivity contribution is -0.152. The summed E-state index contributed by atoms with van der Waals surface area (Å²) in [6.07, 6.45) is 2.03. The summed E-state index contributed by atoms with van der Waals surface area (Å²) in [7, 11) is 0. The zero-order valence-corrected chi connectivity index (χ0v) is 13.5. The number of nitrogens with zero attached hydrogens (tertiary/aromatic N) is 2. The van der Waals surface area contributed by atoms with Crippen LogP contribution in [0, 0.1) is 23.2 Å². The predicted molar refractivity (Wildman–Crippen MR) is 85.2 cm³/mol. The van der Waals surface area contributed by atoms with Crippen molar-refractivity contribution in [3.63, 3.8) is 0 Å². The molecular weight excluding hydrogens is 308 g/mol. The van der Waals surface area contributed by atoms with Gasteiger partial charge in [-0.05, 0) is 43.7 Å². The van der Waals surface area contributed by atoms with Crippen LogP contribution in [0.1, 0.15) is 31.7 Å². The van der Waals surface area contributed by atoms with Crippen molar-refractivity contribution in [2.45, 2.75) is 38.3 Å². The number of carbonyl (C=O) groups is 2. The average molecular weight is 328 g/mol. The SMILES string of the molecule is CC(Oc1ccccc1C#N)C(=O)N1CC2CCCC2C1C(=O)O. The van der Waals surface area contributed by atoms with Crippen LogP contribution in [0.25, 0.3) is 0 Å². The zero-order chi connectivity index (χ0) is 17.3. The van der Waals surface area contributed by atoms with E-state index in [9.17, 15) is 14.7 Å². The van der Waals surface area contributed by atoms with Crippen molar-refractivity contribution >= 4 is 11.9 Å². The fraction of sp³-hybridized carbons (Fsp3) is 0.500. The highest BCUT2D eigenvalue weighted by Gasteiger charge is 2.50. The number of carboxylic acids is 1. The van der Waals surface area contributed by atoms with E-state index in [1.807, 2.05) is 6.07 Å². The molecule has 1 saturated heterocycles. The monoisotopic (exact) mass is 328 g/mol. The Hall–Kier alpha value is -2.55. The number of hydrogen-bond acceptors (Lipinski definition) is 4. The van der Waals surface area contributed by atoms with Gasteiger partial charge in [-0.2, -0.15) is 5.26 Å². The number of ether oxygens (including phenoxy) is 1. The van der Waals surface area contributed by atoms with Gasteiger partial charge in [0.05, 0.1) is 5.56 Å². The van der Waals surface area contributed by atoms with Gasteiger partial charge in [-0.3, -0.25) is 4.79 Å². The first-order chi connectivity index (χ1) is 11.5. The van der Waals surface area contributed by atoms with Gasteiger partial charge in [0.15, 0.2) is 6.10 Å². The molecule has 1 saturated carbocycles. The van der Waals surface area contributed by atoms with Crippen LogP contribution in [0.15, 0.2) is 24.3 Å². The topological polar surface area (TPSA) is 90.6 Å². The molecule has 2 fully saturated rings. The Morgan fingerprint density at radius 1 is 1.38 bits per heavy atom. The fourth-order valence-corrected chi connectivity index (χ4v) is 3.98. The molecule has 4 atom stereocenters. The van der Waals surface area contributed by atoms with E-state index < -0.39 is 18.1 Å². The van der Waals surface area contributed by atoms with E-state index >= 15 is 0 Å². The molecule has 0 radical (unpaired) electrons. The summed E-state index contributed by atoms with van der Waals surface area (Å²) in [5.41, 5.74) is 0.352. The van der Waals surface area contributed by atoms with Crippen molar-refractivity contribution in [2.24, 2.45) is 11.8 Å². The highest BCUT2D eigenvalue weighted by atomic mass is 16.5. The second-order valence-corrected chi connectivity index (χ2v) is 6.50. The van der Waals surface area contributed by atoms with E-state index in [-0.39, 0.29) is 17.7 Å². The molecule has 1 heterocycles. The van der Waals surface area contributed by atoms with Gasteiger partial charge in [0.2, 0.25) is 0 Å². The lowest BCUT2D eigenvalue weighted by Crippen LogP contribution is -2.48. The maximum absolute atomic E-state index is 12.7. The summed E-state index contributed by atoms with van der Waals surface area (Å²) >= 11 is 0. The standard InChI is InChI=1S/C18H20N2O4/c1-11(24-15-8-3-2-5-12(15)9-19)17(21)20-10-13-6-4-7-14(13)16(20)18(22)23/h2-3,5,8,11,13-14,16H,4,6-7,10H2,1H3,(H,22,23). The number of fused-ring (bicyclic) bond motifs is 1. The maximum Gasteiger partial charge on any atom is 0.326 e. The molecule has 0 spiro atoms. The van der Waals surface area contributed by atoms with Crippen LogP contribution in [0.2, 0.25) is 0 Å². The van der Waals surface area contributed by atoms with Crippen molar-refractivity contribution in [3.8, 4) is 11.8 Å². The van der Waals surface area contributed by atoms with Crippen LogP contribution >= 0.6 is 0 Å². The number of carboxylic acid groups (broad SMARTS) is 1. The van der Waals surface area contributed by atoms with Gasteiger partial charge in [0, 0.05) is 6.54 Å². The molecule has 126 valence electrons. The molecule has 4 unspecified atom stereocenters. The number of rotatable bonds is 4. The molecule has 3 rings (SSSR count). The van der Waals surface area contributed by atoms with Crippen molar-refractivity contribution in [1.82, 2.24) is 4.90 Å². The van der Waals surface area contributed by atoms with E-state index in [0.717, 1.165) is 19.3 Å². The Bertz CT molecular complexity index is 697. The average Bonchev–Trinajstić information content (AvgIpc) is 3.14. The van der Waals surface area contributed by atoms with Crippen LogP contribution in [-0.2, 0) is 9.59 Å². The summed E-state index contributed by atoms with van der Waals surface area (Å²) in [6, 6.07) is 7.97. The third-order valence-electron chi connectivity index (χ3n) is 5.09. The quantitative estimate of drug-likeness (QED) is 0.913. The van der Waals surface area contributed by atoms with Gasteiger partial charge in [0.1, 0.15) is 17.9 Å². The first-order valence-corrected chi connectivity index (χ1v) is 8.22. The van der Waals surface area contributed by atoms with Crippen molar-refractivity contribution in [2.75, 3.05) is 6.54 Å². The Morgan fingerprint density at radius 2 is 2.12 bits per heavy atom. The molecule has 0 bridgehead atoms. The summed E-state index contributed by atoms with van der Waals surface area (Å²) in [4.78, 5) is 25.9. The molecule has 1 aromatic carbocycles. The van der Waals surface area contributed by atoms with Crippen molar-refractivity contribution < 1.29 is 19.4 Å². The number of amides is 1. The van der Waals surface area contributed by atoms with Gasteiger partial charge in [-0.25, -0.2) is 4.79 Å². The number of benzene rings is 1. The summed E-state index contributed by atoms with van der Waals surface area (Å²) in [5, 5.41) is 18.7. The number of nitriles is 1. The molecular formula is C18H20N2O4. The first kappa shape index (κ1) is 16.3. The molecule has 2 aliphatic rings. The Morgan fingerprint density at radius 3 is 2.83 bits per heavy atom. The largest absolute Gasteiger partial charge is 0.480 e. The van der Waals surface area contributed by atoms with Crippen LogP contribution in [0.4, 0.5) is 0 Å². The number of aliphatic carboxylic acids is 1. The van der Waals surface area contributed by atoms with Crippen molar-refractivity contribution in [3.05, 3.63) is 29.8 Å². The molecule has 1 amide bonds. The van der Waals surface area contributed by atoms with Crippen LogP contribution in [-0.4, -0.2) is 40.6 Å². The number of carbonyl (C=O) groups excluding carboxylic acids is 1. The fourth-order valence-electron chi connectivity index (χ4n) is 3.98. The predicted octanol–water partition coefficient (Wildman–Crippen LogP) is 2.04. The molecule has 1 aliphatic carbocycles. The second-order valence-electron chi connectivity index (χ2n) is 6.50. The summed E-state index contributed by atoms with van der Waals surface area (Å²) in [6.45, 7) is 2.08. The van der Waals surface area contributed by atoms with E-state index in [4.69, 9.17) is 10.00 Å². The van der Waals surface area contributed by atoms with Crippen LogP contribution in [0.3, 0.4) is 0 Å². The van der Waals surface area contributed by atoms with Gasteiger partial charge in [-0.15, -0.1) is 0 Å². The summed E-state index contributed by atoms with van der Waals surface area (Å²) < 4.78 is 5.65. The minimum atomic E-state index is -0.942. The lowest BCUT2D eigenvalue weighted by atomic mass is 9.94. The molecule has 0 aromatic heterocycles. The minimum Gasteiger partial charge on any atom is -0.480 e. The highest BCUT2D eigenvalue weighted by molar-refractivity contribution is 5.87. The minimum absolute atomic E-state index is 0.0463. The van der Waals surface area contributed by atoms with Crippen LogP contribution < -0.4 is 4.74 Å². The third-order valence-corrected chi connectivity index (χ3v) is 5.09. The Balaban J connectivity index is 1.76. The summed E-state index contributed by atoms with van der Waals surface area (Å²) in [5.74, 6) is -0.613. The first-order valence-electron chi connectivity index (χ1n) is 8.22. The molecule has 1 aromatic rings. The molecule has 6 heteroatoms. The smallest absolute Gasteiger partial charge is 0.326 e. The number of para-hydroxylation sites is 1. The molecule has 1 N–H and O–H groups in total. The Kier molecular flexibility index (Phi) is 4.43. The molecule has 6 nitrogen and oxygen atoms in total. The maximum atomic E-state index is 12.7. The van der Waals surface area contributed by atoms with Gasteiger partial charge in [-0.1, -0.05) is 18.6 Å². The van der Waals surface area contributed by atoms with E-state index in [0.29, 0.717) is 17.9 Å². The van der Waals surface area contributed by atoms with Gasteiger partial charge >= 0.3 is 5.97 Å².